The number of carbonyl (C=O) groups is 1. The van der Waals surface area contributed by atoms with E-state index < -0.39 is 0 Å². The minimum absolute atomic E-state index is 0.141. The molecule has 0 fully saturated rings. The Morgan fingerprint density at radius 3 is 2.50 bits per heavy atom. The molecule has 0 saturated carbocycles. The third kappa shape index (κ3) is 2.98. The van der Waals surface area contributed by atoms with Crippen molar-refractivity contribution in [1.82, 2.24) is 9.78 Å². The summed E-state index contributed by atoms with van der Waals surface area (Å²) in [4.78, 5) is 12.5. The van der Waals surface area contributed by atoms with Crippen LogP contribution in [0.25, 0.3) is 0 Å². The summed E-state index contributed by atoms with van der Waals surface area (Å²) >= 11 is 0. The van der Waals surface area contributed by atoms with Gasteiger partial charge in [0.25, 0.3) is 0 Å². The molecule has 2 rings (SSSR count). The minimum atomic E-state index is 0.141. The molecule has 20 heavy (non-hydrogen) atoms. The van der Waals surface area contributed by atoms with Crippen LogP contribution in [0.3, 0.4) is 0 Å². The van der Waals surface area contributed by atoms with Gasteiger partial charge < -0.3 is 0 Å². The minimum Gasteiger partial charge on any atom is -0.292 e. The number of hydrogen-bond donors (Lipinski definition) is 0. The number of rotatable bonds is 5. The number of Topliss-reactive ketones (excluding diaryl/α,β-unsaturated/α-hetero) is 1. The molecule has 0 saturated heterocycles. The van der Waals surface area contributed by atoms with Crippen molar-refractivity contribution in [2.75, 3.05) is 0 Å². The molecular formula is C17H22N2O. The van der Waals surface area contributed by atoms with Gasteiger partial charge in [0.05, 0.1) is 5.69 Å². The van der Waals surface area contributed by atoms with E-state index in [0.29, 0.717) is 6.42 Å². The molecule has 0 aliphatic carbocycles. The van der Waals surface area contributed by atoms with E-state index in [1.807, 2.05) is 23.7 Å². The second-order valence-electron chi connectivity index (χ2n) is 5.21. The van der Waals surface area contributed by atoms with Crippen molar-refractivity contribution in [3.05, 3.63) is 52.3 Å². The largest absolute Gasteiger partial charge is 0.292 e. The highest BCUT2D eigenvalue weighted by molar-refractivity contribution is 5.96. The normalized spacial score (nSPS) is 10.8. The van der Waals surface area contributed by atoms with Crippen LogP contribution in [0.4, 0.5) is 0 Å². The molecule has 0 aliphatic heterocycles. The summed E-state index contributed by atoms with van der Waals surface area (Å²) in [6.07, 6.45) is 1.30. The molecule has 1 aromatic carbocycles. The lowest BCUT2D eigenvalue weighted by atomic mass is 10.0. The second kappa shape index (κ2) is 6.04. The fraction of sp³-hybridized carbons (Fsp3) is 0.412. The molecule has 1 heterocycles. The number of aromatic nitrogens is 2. The first-order valence-corrected chi connectivity index (χ1v) is 7.21. The highest BCUT2D eigenvalue weighted by Gasteiger charge is 2.14. The van der Waals surface area contributed by atoms with Gasteiger partial charge in [0.2, 0.25) is 0 Å². The Labute approximate surface area is 120 Å². The lowest BCUT2D eigenvalue weighted by Gasteiger charge is -2.06. The van der Waals surface area contributed by atoms with E-state index in [1.54, 1.807) is 0 Å². The Balaban J connectivity index is 2.23. The molecule has 0 amide bonds. The summed E-state index contributed by atoms with van der Waals surface area (Å²) in [7, 11) is 0. The fourth-order valence-corrected chi connectivity index (χ4v) is 2.30. The quantitative estimate of drug-likeness (QED) is 0.779. The molecular weight excluding hydrogens is 248 g/mol. The van der Waals surface area contributed by atoms with Crippen LogP contribution in [0.15, 0.2) is 24.3 Å². The van der Waals surface area contributed by atoms with E-state index in [-0.39, 0.29) is 5.78 Å². The molecule has 0 N–H and O–H groups in total. The van der Waals surface area contributed by atoms with Crippen molar-refractivity contribution in [2.24, 2.45) is 0 Å². The van der Waals surface area contributed by atoms with Crippen LogP contribution in [-0.4, -0.2) is 15.6 Å². The van der Waals surface area contributed by atoms with Crippen LogP contribution in [0, 0.1) is 13.8 Å². The van der Waals surface area contributed by atoms with Gasteiger partial charge in [0.1, 0.15) is 5.69 Å². The van der Waals surface area contributed by atoms with Gasteiger partial charge in [-0.05, 0) is 49.9 Å². The highest BCUT2D eigenvalue weighted by Crippen LogP contribution is 2.14. The fourth-order valence-electron chi connectivity index (χ4n) is 2.30. The molecule has 0 bridgehead atoms. The van der Waals surface area contributed by atoms with E-state index in [9.17, 15) is 4.79 Å². The number of carbonyl (C=O) groups excluding carboxylic acids is 1. The van der Waals surface area contributed by atoms with Crippen molar-refractivity contribution >= 4 is 5.78 Å². The van der Waals surface area contributed by atoms with Gasteiger partial charge in [-0.3, -0.25) is 9.48 Å². The van der Waals surface area contributed by atoms with Gasteiger partial charge in [-0.2, -0.15) is 5.10 Å². The zero-order chi connectivity index (χ0) is 14.7. The average Bonchev–Trinajstić information content (AvgIpc) is 2.86. The Hall–Kier alpha value is -1.90. The van der Waals surface area contributed by atoms with Gasteiger partial charge in [0.15, 0.2) is 5.78 Å². The van der Waals surface area contributed by atoms with Crippen LogP contribution in [0.2, 0.25) is 0 Å². The van der Waals surface area contributed by atoms with Gasteiger partial charge in [0, 0.05) is 13.0 Å². The number of ketones is 1. The summed E-state index contributed by atoms with van der Waals surface area (Å²) < 4.78 is 1.81. The van der Waals surface area contributed by atoms with Gasteiger partial charge in [-0.15, -0.1) is 0 Å². The first-order chi connectivity index (χ1) is 9.55. The van der Waals surface area contributed by atoms with E-state index in [2.05, 4.69) is 38.0 Å². The molecule has 3 heteroatoms. The predicted molar refractivity (Wildman–Crippen MR) is 81.2 cm³/mol. The van der Waals surface area contributed by atoms with E-state index in [4.69, 9.17) is 0 Å². The van der Waals surface area contributed by atoms with Crippen molar-refractivity contribution < 1.29 is 4.79 Å². The highest BCUT2D eigenvalue weighted by atomic mass is 16.1. The van der Waals surface area contributed by atoms with Gasteiger partial charge in [-0.1, -0.05) is 25.1 Å². The van der Waals surface area contributed by atoms with Crippen LogP contribution in [-0.2, 0) is 19.4 Å². The van der Waals surface area contributed by atoms with Crippen molar-refractivity contribution in [3.8, 4) is 0 Å². The summed E-state index contributed by atoms with van der Waals surface area (Å²) in [5.74, 6) is 0.141. The molecule has 2 aromatic rings. The Morgan fingerprint density at radius 1 is 1.15 bits per heavy atom. The van der Waals surface area contributed by atoms with Crippen molar-refractivity contribution in [1.29, 1.82) is 0 Å². The molecule has 3 nitrogen and oxygen atoms in total. The van der Waals surface area contributed by atoms with Gasteiger partial charge in [-0.25, -0.2) is 0 Å². The molecule has 0 radical (unpaired) electrons. The molecule has 0 spiro atoms. The SMILES string of the molecule is CCc1cc(C(=O)Cc2ccc(C)c(C)c2)n(CC)n1. The lowest BCUT2D eigenvalue weighted by Crippen LogP contribution is -2.11. The molecule has 0 atom stereocenters. The molecule has 0 unspecified atom stereocenters. The van der Waals surface area contributed by atoms with Crippen LogP contribution < -0.4 is 0 Å². The second-order valence-corrected chi connectivity index (χ2v) is 5.21. The number of benzene rings is 1. The first-order valence-electron chi connectivity index (χ1n) is 7.21. The zero-order valence-electron chi connectivity index (χ0n) is 12.7. The average molecular weight is 270 g/mol. The monoisotopic (exact) mass is 270 g/mol. The third-order valence-corrected chi connectivity index (χ3v) is 3.71. The number of nitrogens with zero attached hydrogens (tertiary/aromatic N) is 2. The maximum Gasteiger partial charge on any atom is 0.185 e. The van der Waals surface area contributed by atoms with E-state index in [0.717, 1.165) is 29.9 Å². The van der Waals surface area contributed by atoms with Crippen molar-refractivity contribution in [2.45, 2.75) is 47.1 Å². The van der Waals surface area contributed by atoms with E-state index in [1.165, 1.54) is 11.1 Å². The summed E-state index contributed by atoms with van der Waals surface area (Å²) in [5.41, 5.74) is 5.26. The standard InChI is InChI=1S/C17H22N2O/c1-5-15-11-16(19(6-2)18-15)17(20)10-14-8-7-12(3)13(4)9-14/h7-9,11H,5-6,10H2,1-4H3. The smallest absolute Gasteiger partial charge is 0.185 e. The Bertz CT molecular complexity index is 626. The third-order valence-electron chi connectivity index (χ3n) is 3.71. The number of hydrogen-bond acceptors (Lipinski definition) is 2. The Kier molecular flexibility index (Phi) is 4.38. The van der Waals surface area contributed by atoms with Crippen LogP contribution in [0.1, 0.15) is 46.7 Å². The van der Waals surface area contributed by atoms with Crippen LogP contribution >= 0.6 is 0 Å². The molecule has 1 aromatic heterocycles. The summed E-state index contributed by atoms with van der Waals surface area (Å²) in [5, 5.41) is 4.44. The maximum atomic E-state index is 12.5. The van der Waals surface area contributed by atoms with Gasteiger partial charge >= 0.3 is 0 Å². The van der Waals surface area contributed by atoms with Crippen molar-refractivity contribution in [3.63, 3.8) is 0 Å². The predicted octanol–water partition coefficient (Wildman–Crippen LogP) is 3.51. The summed E-state index contributed by atoms with van der Waals surface area (Å²) in [6, 6.07) is 8.13. The van der Waals surface area contributed by atoms with E-state index >= 15 is 0 Å². The topological polar surface area (TPSA) is 34.9 Å². The lowest BCUT2D eigenvalue weighted by molar-refractivity contribution is 0.0983. The zero-order valence-corrected chi connectivity index (χ0v) is 12.7. The maximum absolute atomic E-state index is 12.5. The van der Waals surface area contributed by atoms with Crippen LogP contribution in [0.5, 0.6) is 0 Å². The molecule has 0 aliphatic rings. The first kappa shape index (κ1) is 14.5. The Morgan fingerprint density at radius 2 is 1.90 bits per heavy atom. The number of aryl methyl sites for hydroxylation is 4. The summed E-state index contributed by atoms with van der Waals surface area (Å²) in [6.45, 7) is 8.96. The molecule has 106 valence electrons.